The van der Waals surface area contributed by atoms with Crippen LogP contribution in [-0.2, 0) is 12.8 Å². The van der Waals surface area contributed by atoms with Crippen molar-refractivity contribution in [2.45, 2.75) is 38.5 Å². The molecule has 0 unspecified atom stereocenters. The second kappa shape index (κ2) is 8.32. The molecule has 2 aromatic heterocycles. The van der Waals surface area contributed by atoms with Gasteiger partial charge in [0.2, 0.25) is 0 Å². The highest BCUT2D eigenvalue weighted by molar-refractivity contribution is 7.15. The van der Waals surface area contributed by atoms with E-state index in [0.717, 1.165) is 30.3 Å². The largest absolute Gasteiger partial charge is 0.496 e. The molecule has 1 amide bonds. The summed E-state index contributed by atoms with van der Waals surface area (Å²) >= 11 is 1.58. The van der Waals surface area contributed by atoms with E-state index in [0.29, 0.717) is 33.6 Å². The summed E-state index contributed by atoms with van der Waals surface area (Å²) in [6.45, 7) is 0. The SMILES string of the molecule is COc1cc(OC)c2cc(C(=O)Nc3nc4c(s3)CCCCCC4)[nH]c2c1OC. The number of thiazole rings is 1. The van der Waals surface area contributed by atoms with Crippen LogP contribution in [-0.4, -0.2) is 37.2 Å². The minimum absolute atomic E-state index is 0.244. The van der Waals surface area contributed by atoms with Gasteiger partial charge in [-0.25, -0.2) is 4.98 Å². The molecule has 8 heteroatoms. The number of hydrogen-bond acceptors (Lipinski definition) is 6. The molecule has 1 aliphatic carbocycles. The Labute approximate surface area is 173 Å². The van der Waals surface area contributed by atoms with Gasteiger partial charge in [0.1, 0.15) is 11.4 Å². The lowest BCUT2D eigenvalue weighted by Crippen LogP contribution is -2.12. The summed E-state index contributed by atoms with van der Waals surface area (Å²) in [4.78, 5) is 22.0. The molecule has 7 nitrogen and oxygen atoms in total. The summed E-state index contributed by atoms with van der Waals surface area (Å²) in [7, 11) is 4.71. The van der Waals surface area contributed by atoms with E-state index in [-0.39, 0.29) is 5.91 Å². The van der Waals surface area contributed by atoms with E-state index >= 15 is 0 Å². The molecule has 2 N–H and O–H groups in total. The van der Waals surface area contributed by atoms with E-state index < -0.39 is 0 Å². The lowest BCUT2D eigenvalue weighted by Gasteiger charge is -2.11. The number of ether oxygens (including phenoxy) is 3. The number of methoxy groups -OCH3 is 3. The summed E-state index contributed by atoms with van der Waals surface area (Å²) in [6.07, 6.45) is 6.90. The zero-order valence-electron chi connectivity index (χ0n) is 16.9. The summed E-state index contributed by atoms with van der Waals surface area (Å²) < 4.78 is 16.3. The maximum absolute atomic E-state index is 12.9. The number of aryl methyl sites for hydroxylation is 2. The molecule has 1 aliphatic rings. The average molecular weight is 416 g/mol. The fraction of sp³-hybridized carbons (Fsp3) is 0.429. The number of aromatic amines is 1. The molecular formula is C21H25N3O4S. The normalized spacial score (nSPS) is 14.0. The topological polar surface area (TPSA) is 85.5 Å². The number of aromatic nitrogens is 2. The highest BCUT2D eigenvalue weighted by Crippen LogP contribution is 2.41. The van der Waals surface area contributed by atoms with Gasteiger partial charge in [0.05, 0.1) is 32.5 Å². The van der Waals surface area contributed by atoms with Crippen LogP contribution in [0.3, 0.4) is 0 Å². The molecule has 0 aliphatic heterocycles. The molecule has 3 aromatic rings. The minimum Gasteiger partial charge on any atom is -0.496 e. The number of nitrogens with zero attached hydrogens (tertiary/aromatic N) is 1. The second-order valence-corrected chi connectivity index (χ2v) is 8.13. The van der Waals surface area contributed by atoms with Crippen molar-refractivity contribution in [3.8, 4) is 17.2 Å². The van der Waals surface area contributed by atoms with Gasteiger partial charge in [0, 0.05) is 16.3 Å². The maximum Gasteiger partial charge on any atom is 0.273 e. The third-order valence-corrected chi connectivity index (χ3v) is 6.32. The third-order valence-electron chi connectivity index (χ3n) is 5.25. The number of rotatable bonds is 5. The Morgan fingerprint density at radius 2 is 1.79 bits per heavy atom. The number of carbonyl (C=O) groups is 1. The molecule has 29 heavy (non-hydrogen) atoms. The van der Waals surface area contributed by atoms with Crippen LogP contribution < -0.4 is 19.5 Å². The first-order valence-corrected chi connectivity index (χ1v) is 10.6. The van der Waals surface area contributed by atoms with Gasteiger partial charge in [-0.05, 0) is 31.7 Å². The molecule has 1 aromatic carbocycles. The highest BCUT2D eigenvalue weighted by atomic mass is 32.1. The standard InChI is InChI=1S/C21H25N3O4S/c1-26-15-11-16(27-2)19(28-3)18-12(15)10-14(22-18)20(25)24-21-23-13-8-6-4-5-7-9-17(13)29-21/h10-11,22H,4-9H2,1-3H3,(H,23,24,25). The lowest BCUT2D eigenvalue weighted by molar-refractivity contribution is 0.102. The van der Waals surface area contributed by atoms with Crippen molar-refractivity contribution in [1.29, 1.82) is 0 Å². The Balaban J connectivity index is 1.64. The Bertz CT molecular complexity index is 1010. The Hall–Kier alpha value is -2.74. The average Bonchev–Trinajstić information content (AvgIpc) is 3.31. The number of H-pyrrole nitrogens is 1. The number of nitrogens with one attached hydrogen (secondary N) is 2. The van der Waals surface area contributed by atoms with Crippen LogP contribution in [0.4, 0.5) is 5.13 Å². The molecule has 0 radical (unpaired) electrons. The van der Waals surface area contributed by atoms with Gasteiger partial charge < -0.3 is 19.2 Å². The van der Waals surface area contributed by atoms with Crippen LogP contribution in [0.2, 0.25) is 0 Å². The zero-order valence-corrected chi connectivity index (χ0v) is 17.7. The minimum atomic E-state index is -0.244. The summed E-state index contributed by atoms with van der Waals surface area (Å²) in [5, 5.41) is 4.35. The first-order valence-electron chi connectivity index (χ1n) is 9.76. The van der Waals surface area contributed by atoms with Gasteiger partial charge >= 0.3 is 0 Å². The van der Waals surface area contributed by atoms with E-state index in [1.807, 2.05) is 0 Å². The fourth-order valence-electron chi connectivity index (χ4n) is 3.78. The van der Waals surface area contributed by atoms with Crippen molar-refractivity contribution in [2.24, 2.45) is 0 Å². The molecule has 0 saturated heterocycles. The van der Waals surface area contributed by atoms with Gasteiger partial charge in [-0.2, -0.15) is 0 Å². The molecular weight excluding hydrogens is 390 g/mol. The lowest BCUT2D eigenvalue weighted by atomic mass is 10.0. The van der Waals surface area contributed by atoms with Crippen molar-refractivity contribution in [2.75, 3.05) is 26.6 Å². The number of fused-ring (bicyclic) bond motifs is 2. The van der Waals surface area contributed by atoms with Crippen molar-refractivity contribution in [1.82, 2.24) is 9.97 Å². The van der Waals surface area contributed by atoms with Crippen LogP contribution in [0.1, 0.15) is 46.7 Å². The van der Waals surface area contributed by atoms with E-state index in [4.69, 9.17) is 14.2 Å². The number of hydrogen-bond donors (Lipinski definition) is 2. The number of amides is 1. The number of carbonyl (C=O) groups excluding carboxylic acids is 1. The molecule has 0 spiro atoms. The van der Waals surface area contributed by atoms with Crippen LogP contribution in [0.5, 0.6) is 17.2 Å². The molecule has 4 rings (SSSR count). The quantitative estimate of drug-likeness (QED) is 0.638. The van der Waals surface area contributed by atoms with E-state index in [2.05, 4.69) is 15.3 Å². The van der Waals surface area contributed by atoms with Crippen molar-refractivity contribution in [3.05, 3.63) is 28.4 Å². The van der Waals surface area contributed by atoms with Crippen LogP contribution >= 0.6 is 11.3 Å². The summed E-state index contributed by atoms with van der Waals surface area (Å²) in [5.41, 5.74) is 2.20. The van der Waals surface area contributed by atoms with Crippen LogP contribution in [0.15, 0.2) is 12.1 Å². The monoisotopic (exact) mass is 415 g/mol. The van der Waals surface area contributed by atoms with Gasteiger partial charge in [-0.3, -0.25) is 10.1 Å². The third kappa shape index (κ3) is 3.76. The van der Waals surface area contributed by atoms with Gasteiger partial charge in [-0.1, -0.05) is 12.8 Å². The zero-order chi connectivity index (χ0) is 20.4. The van der Waals surface area contributed by atoms with Gasteiger partial charge in [-0.15, -0.1) is 11.3 Å². The first-order chi connectivity index (χ1) is 14.1. The van der Waals surface area contributed by atoms with Gasteiger partial charge in [0.25, 0.3) is 5.91 Å². The van der Waals surface area contributed by atoms with E-state index in [9.17, 15) is 4.79 Å². The summed E-state index contributed by atoms with van der Waals surface area (Å²) in [6, 6.07) is 3.51. The predicted molar refractivity (Wildman–Crippen MR) is 114 cm³/mol. The molecule has 0 saturated carbocycles. The molecule has 0 fully saturated rings. The van der Waals surface area contributed by atoms with E-state index in [1.54, 1.807) is 44.8 Å². The van der Waals surface area contributed by atoms with Crippen molar-refractivity contribution in [3.63, 3.8) is 0 Å². The molecule has 154 valence electrons. The predicted octanol–water partition coefficient (Wildman–Crippen LogP) is 4.56. The Kier molecular flexibility index (Phi) is 5.62. The molecule has 0 bridgehead atoms. The summed E-state index contributed by atoms with van der Waals surface area (Å²) in [5.74, 6) is 1.42. The maximum atomic E-state index is 12.9. The molecule has 2 heterocycles. The number of benzene rings is 1. The van der Waals surface area contributed by atoms with Crippen LogP contribution in [0, 0.1) is 0 Å². The highest BCUT2D eigenvalue weighted by Gasteiger charge is 2.21. The second-order valence-electron chi connectivity index (χ2n) is 7.04. The van der Waals surface area contributed by atoms with E-state index in [1.165, 1.54) is 24.1 Å². The van der Waals surface area contributed by atoms with Gasteiger partial charge in [0.15, 0.2) is 16.6 Å². The number of anilines is 1. The Morgan fingerprint density at radius 1 is 1.03 bits per heavy atom. The fourth-order valence-corrected chi connectivity index (χ4v) is 4.83. The smallest absolute Gasteiger partial charge is 0.273 e. The van der Waals surface area contributed by atoms with Crippen LogP contribution in [0.25, 0.3) is 10.9 Å². The Morgan fingerprint density at radius 3 is 2.52 bits per heavy atom. The van der Waals surface area contributed by atoms with Crippen molar-refractivity contribution >= 4 is 33.3 Å². The first kappa shape index (κ1) is 19.6. The van der Waals surface area contributed by atoms with Crippen molar-refractivity contribution < 1.29 is 19.0 Å². The molecule has 0 atom stereocenters.